The summed E-state index contributed by atoms with van der Waals surface area (Å²) >= 11 is 0. The van der Waals surface area contributed by atoms with Gasteiger partial charge in [0.1, 0.15) is 5.82 Å². The first-order valence-corrected chi connectivity index (χ1v) is 10.4. The molecule has 0 bridgehead atoms. The number of nitrogens with zero attached hydrogens (tertiary/aromatic N) is 3. The Bertz CT molecular complexity index is 775. The Hall–Kier alpha value is -2.21. The summed E-state index contributed by atoms with van der Waals surface area (Å²) in [5, 5.41) is 3.87. The number of carbonyl (C=O) groups is 1. The zero-order valence-electron chi connectivity index (χ0n) is 16.3. The third kappa shape index (κ3) is 4.43. The molecule has 2 saturated heterocycles. The average molecular weight is 385 g/mol. The van der Waals surface area contributed by atoms with E-state index >= 15 is 0 Å². The van der Waals surface area contributed by atoms with Gasteiger partial charge in [-0.3, -0.25) is 4.79 Å². The highest BCUT2D eigenvalue weighted by molar-refractivity contribution is 5.77. The summed E-state index contributed by atoms with van der Waals surface area (Å²) in [6, 6.07) is 6.80. The van der Waals surface area contributed by atoms with Crippen LogP contribution in [0.1, 0.15) is 44.1 Å². The van der Waals surface area contributed by atoms with Gasteiger partial charge in [-0.1, -0.05) is 11.6 Å². The van der Waals surface area contributed by atoms with Gasteiger partial charge < -0.3 is 14.3 Å². The van der Waals surface area contributed by atoms with Crippen LogP contribution in [0.2, 0.25) is 0 Å². The molecule has 0 atom stereocenters. The predicted octanol–water partition coefficient (Wildman–Crippen LogP) is 3.89. The number of aromatic nitrogens is 1. The number of hydrogen-bond acceptors (Lipinski definition) is 4. The fourth-order valence-corrected chi connectivity index (χ4v) is 4.44. The molecule has 3 heterocycles. The summed E-state index contributed by atoms with van der Waals surface area (Å²) in [5.74, 6) is 0.535. The van der Waals surface area contributed by atoms with Gasteiger partial charge >= 0.3 is 0 Å². The highest BCUT2D eigenvalue weighted by atomic mass is 19.1. The Labute approximate surface area is 165 Å². The van der Waals surface area contributed by atoms with Crippen LogP contribution in [0.5, 0.6) is 0 Å². The van der Waals surface area contributed by atoms with Crippen LogP contribution >= 0.6 is 0 Å². The first-order valence-electron chi connectivity index (χ1n) is 10.4. The molecular formula is C22H28FN3O2. The van der Waals surface area contributed by atoms with Gasteiger partial charge in [0, 0.05) is 36.7 Å². The highest BCUT2D eigenvalue weighted by Crippen LogP contribution is 2.26. The van der Waals surface area contributed by atoms with Gasteiger partial charge in [0.2, 0.25) is 5.91 Å². The quantitative estimate of drug-likeness (QED) is 0.784. The van der Waals surface area contributed by atoms with Crippen molar-refractivity contribution in [2.24, 2.45) is 0 Å². The second-order valence-corrected chi connectivity index (χ2v) is 7.90. The van der Waals surface area contributed by atoms with Crippen molar-refractivity contribution in [3.8, 4) is 11.3 Å². The van der Waals surface area contributed by atoms with Crippen molar-refractivity contribution in [1.82, 2.24) is 15.0 Å². The van der Waals surface area contributed by atoms with Gasteiger partial charge in [0.25, 0.3) is 0 Å². The van der Waals surface area contributed by atoms with Crippen molar-refractivity contribution in [1.29, 1.82) is 0 Å². The molecule has 0 N–H and O–H groups in total. The maximum Gasteiger partial charge on any atom is 0.222 e. The molecular weight excluding hydrogens is 357 g/mol. The number of rotatable bonds is 5. The van der Waals surface area contributed by atoms with Gasteiger partial charge in [0.15, 0.2) is 5.76 Å². The van der Waals surface area contributed by atoms with Crippen molar-refractivity contribution >= 4 is 5.91 Å². The van der Waals surface area contributed by atoms with Crippen molar-refractivity contribution < 1.29 is 13.7 Å². The van der Waals surface area contributed by atoms with Crippen LogP contribution < -0.4 is 0 Å². The van der Waals surface area contributed by atoms with E-state index in [1.807, 2.05) is 4.90 Å². The van der Waals surface area contributed by atoms with Crippen LogP contribution in [0.25, 0.3) is 11.3 Å². The standard InChI is InChI=1S/C22H28FN3O2/c23-19-7-4-17(5-8-19)22-18(16-24-28-22)6-9-21(27)26-14-10-20(11-15-26)25-12-2-1-3-13-25/h4-5,7-8,16,20H,1-3,6,9-15H2. The summed E-state index contributed by atoms with van der Waals surface area (Å²) in [7, 11) is 0. The molecule has 5 nitrogen and oxygen atoms in total. The molecule has 2 aliphatic rings. The molecule has 1 aromatic heterocycles. The van der Waals surface area contributed by atoms with Gasteiger partial charge in [-0.25, -0.2) is 4.39 Å². The highest BCUT2D eigenvalue weighted by Gasteiger charge is 2.27. The lowest BCUT2D eigenvalue weighted by Crippen LogP contribution is -2.48. The lowest BCUT2D eigenvalue weighted by Gasteiger charge is -2.40. The van der Waals surface area contributed by atoms with Crippen LogP contribution in [0.4, 0.5) is 4.39 Å². The lowest BCUT2D eigenvalue weighted by atomic mass is 9.99. The second-order valence-electron chi connectivity index (χ2n) is 7.90. The van der Waals surface area contributed by atoms with Gasteiger partial charge in [-0.2, -0.15) is 0 Å². The summed E-state index contributed by atoms with van der Waals surface area (Å²) in [6.45, 7) is 4.15. The number of hydrogen-bond donors (Lipinski definition) is 0. The molecule has 4 rings (SSSR count). The van der Waals surface area contributed by atoms with Crippen molar-refractivity contribution in [3.05, 3.63) is 41.8 Å². The summed E-state index contributed by atoms with van der Waals surface area (Å²) < 4.78 is 18.5. The van der Waals surface area contributed by atoms with Crippen LogP contribution in [0.15, 0.2) is 35.0 Å². The molecule has 0 saturated carbocycles. The van der Waals surface area contributed by atoms with E-state index in [-0.39, 0.29) is 11.7 Å². The molecule has 2 aromatic rings. The smallest absolute Gasteiger partial charge is 0.222 e. The first kappa shape index (κ1) is 19.1. The Morgan fingerprint density at radius 2 is 1.79 bits per heavy atom. The van der Waals surface area contributed by atoms with E-state index in [2.05, 4.69) is 10.1 Å². The normalized spacial score (nSPS) is 19.1. The third-order valence-corrected chi connectivity index (χ3v) is 6.08. The van der Waals surface area contributed by atoms with E-state index in [1.165, 1.54) is 44.5 Å². The number of likely N-dealkylation sites (tertiary alicyclic amines) is 2. The van der Waals surface area contributed by atoms with Crippen LogP contribution in [-0.2, 0) is 11.2 Å². The number of carbonyl (C=O) groups excluding carboxylic acids is 1. The van der Waals surface area contributed by atoms with Gasteiger partial charge in [-0.15, -0.1) is 0 Å². The maximum atomic E-state index is 13.1. The fourth-order valence-electron chi connectivity index (χ4n) is 4.44. The van der Waals surface area contributed by atoms with E-state index in [9.17, 15) is 9.18 Å². The van der Waals surface area contributed by atoms with E-state index in [0.29, 0.717) is 24.6 Å². The summed E-state index contributed by atoms with van der Waals surface area (Å²) in [6.07, 6.45) is 8.85. The van der Waals surface area contributed by atoms with Crippen LogP contribution in [-0.4, -0.2) is 53.1 Å². The number of piperidine rings is 2. The van der Waals surface area contributed by atoms with E-state index in [0.717, 1.165) is 37.1 Å². The minimum atomic E-state index is -0.284. The Morgan fingerprint density at radius 3 is 2.50 bits per heavy atom. The molecule has 1 amide bonds. The van der Waals surface area contributed by atoms with E-state index in [4.69, 9.17) is 4.52 Å². The molecule has 150 valence electrons. The van der Waals surface area contributed by atoms with E-state index < -0.39 is 0 Å². The van der Waals surface area contributed by atoms with Gasteiger partial charge in [0.05, 0.1) is 6.20 Å². The predicted molar refractivity (Wildman–Crippen MR) is 105 cm³/mol. The maximum absolute atomic E-state index is 13.1. The zero-order valence-corrected chi connectivity index (χ0v) is 16.3. The summed E-state index contributed by atoms with van der Waals surface area (Å²) in [4.78, 5) is 17.3. The molecule has 6 heteroatoms. The number of benzene rings is 1. The van der Waals surface area contributed by atoms with Crippen molar-refractivity contribution in [2.45, 2.75) is 51.0 Å². The van der Waals surface area contributed by atoms with Crippen LogP contribution in [0.3, 0.4) is 0 Å². The number of halogens is 1. The zero-order chi connectivity index (χ0) is 19.3. The van der Waals surface area contributed by atoms with Gasteiger partial charge in [-0.05, 0) is 69.5 Å². The lowest BCUT2D eigenvalue weighted by molar-refractivity contribution is -0.132. The SMILES string of the molecule is O=C(CCc1cnoc1-c1ccc(F)cc1)N1CCC(N2CCCCC2)CC1. The van der Waals surface area contributed by atoms with Crippen LogP contribution in [0, 0.1) is 5.82 Å². The monoisotopic (exact) mass is 385 g/mol. The second kappa shape index (κ2) is 8.86. The van der Waals surface area contributed by atoms with E-state index in [1.54, 1.807) is 18.3 Å². The molecule has 0 radical (unpaired) electrons. The minimum Gasteiger partial charge on any atom is -0.356 e. The summed E-state index contributed by atoms with van der Waals surface area (Å²) in [5.41, 5.74) is 1.67. The Morgan fingerprint density at radius 1 is 1.07 bits per heavy atom. The first-order chi connectivity index (χ1) is 13.7. The molecule has 28 heavy (non-hydrogen) atoms. The van der Waals surface area contributed by atoms with Crippen molar-refractivity contribution in [3.63, 3.8) is 0 Å². The number of aryl methyl sites for hydroxylation is 1. The molecule has 0 aliphatic carbocycles. The fraction of sp³-hybridized carbons (Fsp3) is 0.545. The molecule has 0 spiro atoms. The largest absolute Gasteiger partial charge is 0.356 e. The molecule has 2 fully saturated rings. The Balaban J connectivity index is 1.28. The number of amides is 1. The van der Waals surface area contributed by atoms with Crippen molar-refractivity contribution in [2.75, 3.05) is 26.2 Å². The molecule has 1 aromatic carbocycles. The third-order valence-electron chi connectivity index (χ3n) is 6.08. The Kier molecular flexibility index (Phi) is 6.05. The average Bonchev–Trinajstić information content (AvgIpc) is 3.22. The molecule has 0 unspecified atom stereocenters. The topological polar surface area (TPSA) is 49.6 Å². The minimum absolute atomic E-state index is 0.198. The molecule has 2 aliphatic heterocycles.